The number of likely N-dealkylation sites (tertiary alicyclic amines) is 1. The van der Waals surface area contributed by atoms with Gasteiger partial charge in [-0.15, -0.1) is 11.6 Å². The van der Waals surface area contributed by atoms with E-state index in [1.54, 1.807) is 0 Å². The zero-order valence-electron chi connectivity index (χ0n) is 9.74. The molecule has 1 aliphatic heterocycles. The topological polar surface area (TPSA) is 3.24 Å². The first kappa shape index (κ1) is 11.9. The van der Waals surface area contributed by atoms with Crippen LogP contribution in [0.5, 0.6) is 0 Å². The van der Waals surface area contributed by atoms with Crippen LogP contribution in [-0.4, -0.2) is 29.9 Å². The number of nitrogens with zero attached hydrogens (tertiary/aromatic N) is 1. The van der Waals surface area contributed by atoms with Crippen molar-refractivity contribution in [1.82, 2.24) is 4.90 Å². The van der Waals surface area contributed by atoms with Crippen LogP contribution in [0.15, 0.2) is 30.3 Å². The Balaban J connectivity index is 1.65. The second-order valence-electron chi connectivity index (χ2n) is 4.61. The minimum Gasteiger partial charge on any atom is -0.303 e. The van der Waals surface area contributed by atoms with E-state index in [1.807, 2.05) is 0 Å². The summed E-state index contributed by atoms with van der Waals surface area (Å²) in [6.45, 7) is 3.59. The van der Waals surface area contributed by atoms with E-state index in [1.165, 1.54) is 38.0 Å². The Labute approximate surface area is 103 Å². The Morgan fingerprint density at radius 2 is 1.81 bits per heavy atom. The second-order valence-corrected chi connectivity index (χ2v) is 5.22. The van der Waals surface area contributed by atoms with Crippen molar-refractivity contribution >= 4 is 11.6 Å². The highest BCUT2D eigenvalue weighted by molar-refractivity contribution is 6.20. The van der Waals surface area contributed by atoms with Gasteiger partial charge in [0.15, 0.2) is 0 Å². The highest BCUT2D eigenvalue weighted by atomic mass is 35.5. The lowest BCUT2D eigenvalue weighted by Crippen LogP contribution is -2.34. The van der Waals surface area contributed by atoms with Crippen molar-refractivity contribution in [2.75, 3.05) is 19.6 Å². The number of rotatable bonds is 4. The monoisotopic (exact) mass is 237 g/mol. The predicted molar refractivity (Wildman–Crippen MR) is 70.1 cm³/mol. The van der Waals surface area contributed by atoms with E-state index in [2.05, 4.69) is 35.2 Å². The number of alkyl halides is 1. The number of hydrogen-bond acceptors (Lipinski definition) is 1. The van der Waals surface area contributed by atoms with Crippen molar-refractivity contribution in [2.24, 2.45) is 0 Å². The fourth-order valence-electron chi connectivity index (χ4n) is 2.28. The van der Waals surface area contributed by atoms with Crippen LogP contribution in [-0.2, 0) is 6.42 Å². The van der Waals surface area contributed by atoms with E-state index in [-0.39, 0.29) is 0 Å². The molecule has 1 aromatic rings. The average Bonchev–Trinajstić information content (AvgIpc) is 2.33. The van der Waals surface area contributed by atoms with E-state index < -0.39 is 0 Å². The third-order valence-corrected chi connectivity index (χ3v) is 3.74. The minimum absolute atomic E-state index is 0.422. The van der Waals surface area contributed by atoms with Gasteiger partial charge in [-0.05, 0) is 50.9 Å². The number of benzene rings is 1. The highest BCUT2D eigenvalue weighted by Gasteiger charge is 2.16. The van der Waals surface area contributed by atoms with Crippen LogP contribution in [0.2, 0.25) is 0 Å². The minimum atomic E-state index is 0.422. The molecule has 0 spiro atoms. The van der Waals surface area contributed by atoms with Crippen LogP contribution < -0.4 is 0 Å². The first-order valence-corrected chi connectivity index (χ1v) is 6.68. The summed E-state index contributed by atoms with van der Waals surface area (Å²) in [7, 11) is 0. The van der Waals surface area contributed by atoms with Gasteiger partial charge < -0.3 is 4.90 Å². The summed E-state index contributed by atoms with van der Waals surface area (Å²) >= 11 is 6.09. The molecule has 0 amide bonds. The fourth-order valence-corrected chi connectivity index (χ4v) is 2.47. The average molecular weight is 238 g/mol. The molecule has 1 aromatic carbocycles. The molecular formula is C14H20ClN. The SMILES string of the molecule is ClC1CCN(CCCc2ccccc2)CC1. The lowest BCUT2D eigenvalue weighted by atomic mass is 10.1. The normalized spacial score (nSPS) is 18.8. The summed E-state index contributed by atoms with van der Waals surface area (Å²) < 4.78 is 0. The summed E-state index contributed by atoms with van der Waals surface area (Å²) in [4.78, 5) is 2.54. The largest absolute Gasteiger partial charge is 0.303 e. The summed E-state index contributed by atoms with van der Waals surface area (Å²) in [5.41, 5.74) is 1.45. The fraction of sp³-hybridized carbons (Fsp3) is 0.571. The molecule has 1 saturated heterocycles. The molecule has 1 fully saturated rings. The van der Waals surface area contributed by atoms with Crippen LogP contribution in [0.1, 0.15) is 24.8 Å². The Morgan fingerprint density at radius 3 is 2.50 bits per heavy atom. The van der Waals surface area contributed by atoms with Gasteiger partial charge in [0.05, 0.1) is 0 Å². The molecule has 0 N–H and O–H groups in total. The Hall–Kier alpha value is -0.530. The molecule has 1 aliphatic rings. The third kappa shape index (κ3) is 3.80. The molecule has 2 heteroatoms. The van der Waals surface area contributed by atoms with Crippen molar-refractivity contribution in [1.29, 1.82) is 0 Å². The molecule has 0 radical (unpaired) electrons. The maximum atomic E-state index is 6.09. The zero-order chi connectivity index (χ0) is 11.2. The van der Waals surface area contributed by atoms with E-state index >= 15 is 0 Å². The first-order valence-electron chi connectivity index (χ1n) is 6.25. The van der Waals surface area contributed by atoms with Crippen molar-refractivity contribution < 1.29 is 0 Å². The van der Waals surface area contributed by atoms with E-state index in [0.29, 0.717) is 5.38 Å². The smallest absolute Gasteiger partial charge is 0.0360 e. The van der Waals surface area contributed by atoms with Crippen LogP contribution in [0.3, 0.4) is 0 Å². The van der Waals surface area contributed by atoms with Crippen LogP contribution in [0, 0.1) is 0 Å². The van der Waals surface area contributed by atoms with Gasteiger partial charge in [0.1, 0.15) is 0 Å². The Bertz CT molecular complexity index is 291. The lowest BCUT2D eigenvalue weighted by molar-refractivity contribution is 0.229. The van der Waals surface area contributed by atoms with Gasteiger partial charge in [-0.2, -0.15) is 0 Å². The molecule has 16 heavy (non-hydrogen) atoms. The number of hydrogen-bond donors (Lipinski definition) is 0. The lowest BCUT2D eigenvalue weighted by Gasteiger charge is -2.29. The standard InChI is InChI=1S/C14H20ClN/c15-14-8-11-16(12-9-14)10-4-7-13-5-2-1-3-6-13/h1-3,5-6,14H,4,7-12H2. The van der Waals surface area contributed by atoms with E-state index in [4.69, 9.17) is 11.6 Å². The molecule has 88 valence electrons. The summed E-state index contributed by atoms with van der Waals surface area (Å²) in [5.74, 6) is 0. The van der Waals surface area contributed by atoms with Crippen LogP contribution in [0.25, 0.3) is 0 Å². The number of piperidine rings is 1. The van der Waals surface area contributed by atoms with Gasteiger partial charge in [-0.3, -0.25) is 0 Å². The van der Waals surface area contributed by atoms with Gasteiger partial charge in [-0.25, -0.2) is 0 Å². The first-order chi connectivity index (χ1) is 7.84. The maximum absolute atomic E-state index is 6.09. The van der Waals surface area contributed by atoms with Crippen LogP contribution in [0.4, 0.5) is 0 Å². The number of aryl methyl sites for hydroxylation is 1. The second kappa shape index (κ2) is 6.27. The zero-order valence-corrected chi connectivity index (χ0v) is 10.5. The van der Waals surface area contributed by atoms with Crippen molar-refractivity contribution in [3.05, 3.63) is 35.9 Å². The van der Waals surface area contributed by atoms with Gasteiger partial charge in [0, 0.05) is 5.38 Å². The maximum Gasteiger partial charge on any atom is 0.0360 e. The van der Waals surface area contributed by atoms with E-state index in [9.17, 15) is 0 Å². The molecule has 0 aliphatic carbocycles. The van der Waals surface area contributed by atoms with Crippen molar-refractivity contribution in [3.63, 3.8) is 0 Å². The summed E-state index contributed by atoms with van der Waals surface area (Å²) in [5, 5.41) is 0.422. The molecule has 1 heterocycles. The van der Waals surface area contributed by atoms with Gasteiger partial charge in [0.2, 0.25) is 0 Å². The Kier molecular flexibility index (Phi) is 4.68. The molecule has 0 unspecified atom stereocenters. The number of halogens is 1. The van der Waals surface area contributed by atoms with Gasteiger partial charge >= 0.3 is 0 Å². The molecule has 0 atom stereocenters. The molecule has 1 nitrogen and oxygen atoms in total. The molecule has 0 aromatic heterocycles. The van der Waals surface area contributed by atoms with Crippen LogP contribution >= 0.6 is 11.6 Å². The summed E-state index contributed by atoms with van der Waals surface area (Å²) in [6, 6.07) is 10.7. The third-order valence-electron chi connectivity index (χ3n) is 3.30. The molecular weight excluding hydrogens is 218 g/mol. The molecule has 2 rings (SSSR count). The van der Waals surface area contributed by atoms with E-state index in [0.717, 1.165) is 12.8 Å². The quantitative estimate of drug-likeness (QED) is 0.727. The van der Waals surface area contributed by atoms with Crippen molar-refractivity contribution in [3.8, 4) is 0 Å². The highest BCUT2D eigenvalue weighted by Crippen LogP contribution is 2.15. The predicted octanol–water partition coefficient (Wildman–Crippen LogP) is 3.32. The Morgan fingerprint density at radius 1 is 1.12 bits per heavy atom. The molecule has 0 bridgehead atoms. The summed E-state index contributed by atoms with van der Waals surface area (Å²) in [6.07, 6.45) is 4.78. The van der Waals surface area contributed by atoms with Gasteiger partial charge in [-0.1, -0.05) is 30.3 Å². The van der Waals surface area contributed by atoms with Gasteiger partial charge in [0.25, 0.3) is 0 Å². The van der Waals surface area contributed by atoms with Crippen molar-refractivity contribution in [2.45, 2.75) is 31.1 Å². The molecule has 0 saturated carbocycles.